The second kappa shape index (κ2) is 7.20. The summed E-state index contributed by atoms with van der Waals surface area (Å²) in [4.78, 5) is 9.50. The predicted octanol–water partition coefficient (Wildman–Crippen LogP) is 3.49. The molecule has 4 heteroatoms. The molecule has 0 spiro atoms. The van der Waals surface area contributed by atoms with E-state index < -0.39 is 0 Å². The lowest BCUT2D eigenvalue weighted by Crippen LogP contribution is -2.36. The molecule has 0 amide bonds. The van der Waals surface area contributed by atoms with Crippen LogP contribution in [0.1, 0.15) is 36.7 Å². The van der Waals surface area contributed by atoms with Gasteiger partial charge in [-0.05, 0) is 62.8 Å². The molecule has 134 valence electrons. The summed E-state index contributed by atoms with van der Waals surface area (Å²) in [5, 5.41) is 0. The molecule has 4 rings (SSSR count). The van der Waals surface area contributed by atoms with E-state index in [9.17, 15) is 0 Å². The molecule has 0 saturated carbocycles. The molecule has 0 aliphatic carbocycles. The first-order chi connectivity index (χ1) is 12.2. The van der Waals surface area contributed by atoms with Gasteiger partial charge in [-0.15, -0.1) is 0 Å². The highest BCUT2D eigenvalue weighted by atomic mass is 15.2. The fourth-order valence-electron chi connectivity index (χ4n) is 4.53. The number of hydrogen-bond donors (Lipinski definition) is 0. The van der Waals surface area contributed by atoms with Gasteiger partial charge in [-0.25, -0.2) is 4.98 Å². The van der Waals surface area contributed by atoms with E-state index in [1.54, 1.807) is 5.56 Å². The molecule has 4 nitrogen and oxygen atoms in total. The minimum absolute atomic E-state index is 0.742. The molecule has 1 aromatic heterocycles. The van der Waals surface area contributed by atoms with Gasteiger partial charge in [0.2, 0.25) is 0 Å². The van der Waals surface area contributed by atoms with Crippen LogP contribution in [0.5, 0.6) is 0 Å². The lowest BCUT2D eigenvalue weighted by atomic mass is 9.97. The van der Waals surface area contributed by atoms with Gasteiger partial charge in [0.1, 0.15) is 5.82 Å². The number of hydrogen-bond acceptors (Lipinski definition) is 3. The summed E-state index contributed by atoms with van der Waals surface area (Å²) in [6.45, 7) is 11.3. The molecular weight excluding hydrogens is 308 g/mol. The van der Waals surface area contributed by atoms with E-state index in [1.165, 1.54) is 50.1 Å². The molecule has 0 N–H and O–H groups in total. The molecule has 2 aliphatic heterocycles. The Bertz CT molecular complexity index is 720. The quantitative estimate of drug-likeness (QED) is 0.834. The number of imidazole rings is 1. The molecule has 1 saturated heterocycles. The van der Waals surface area contributed by atoms with E-state index in [0.717, 1.165) is 31.4 Å². The van der Waals surface area contributed by atoms with Crippen molar-refractivity contribution >= 4 is 5.69 Å². The highest BCUT2D eigenvalue weighted by molar-refractivity contribution is 5.59. The van der Waals surface area contributed by atoms with Crippen molar-refractivity contribution in [3.05, 3.63) is 47.5 Å². The molecular formula is C21H30N4. The maximum Gasteiger partial charge on any atom is 0.105 e. The van der Waals surface area contributed by atoms with Crippen LogP contribution in [0.4, 0.5) is 5.69 Å². The van der Waals surface area contributed by atoms with Crippen LogP contribution in [0.3, 0.4) is 0 Å². The number of rotatable bonds is 5. The number of aromatic nitrogens is 2. The van der Waals surface area contributed by atoms with Crippen LogP contribution in [0.2, 0.25) is 0 Å². The third kappa shape index (κ3) is 3.59. The van der Waals surface area contributed by atoms with Crippen LogP contribution < -0.4 is 4.90 Å². The second-order valence-electron chi connectivity index (χ2n) is 7.66. The van der Waals surface area contributed by atoms with Crippen molar-refractivity contribution < 1.29 is 0 Å². The van der Waals surface area contributed by atoms with E-state index in [2.05, 4.69) is 57.6 Å². The highest BCUT2D eigenvalue weighted by Crippen LogP contribution is 2.29. The topological polar surface area (TPSA) is 24.3 Å². The molecule has 3 heterocycles. The molecule has 0 radical (unpaired) electrons. The van der Waals surface area contributed by atoms with Crippen LogP contribution in [0.25, 0.3) is 0 Å². The molecule has 1 fully saturated rings. The van der Waals surface area contributed by atoms with E-state index in [1.807, 2.05) is 6.20 Å². The second-order valence-corrected chi connectivity index (χ2v) is 7.66. The predicted molar refractivity (Wildman–Crippen MR) is 103 cm³/mol. The molecule has 0 bridgehead atoms. The van der Waals surface area contributed by atoms with Gasteiger partial charge in [0.05, 0.1) is 0 Å². The third-order valence-corrected chi connectivity index (χ3v) is 5.91. The number of fused-ring (bicyclic) bond motifs is 1. The SMILES string of the molecule is CCN1CCc2cc(CN3CCCC(Cn4ccnc4C)C3)ccc21. The fraction of sp³-hybridized carbons (Fsp3) is 0.571. The Morgan fingerprint density at radius 1 is 1.24 bits per heavy atom. The van der Waals surface area contributed by atoms with Gasteiger partial charge >= 0.3 is 0 Å². The summed E-state index contributed by atoms with van der Waals surface area (Å²) in [7, 11) is 0. The smallest absolute Gasteiger partial charge is 0.105 e. The van der Waals surface area contributed by atoms with Crippen molar-refractivity contribution in [2.45, 2.75) is 46.2 Å². The Morgan fingerprint density at radius 3 is 2.96 bits per heavy atom. The maximum absolute atomic E-state index is 4.36. The van der Waals surface area contributed by atoms with Gasteiger partial charge in [-0.2, -0.15) is 0 Å². The maximum atomic E-state index is 4.36. The number of nitrogens with zero attached hydrogens (tertiary/aromatic N) is 4. The lowest BCUT2D eigenvalue weighted by Gasteiger charge is -2.33. The highest BCUT2D eigenvalue weighted by Gasteiger charge is 2.22. The van der Waals surface area contributed by atoms with E-state index in [0.29, 0.717) is 0 Å². The van der Waals surface area contributed by atoms with E-state index in [-0.39, 0.29) is 0 Å². The first-order valence-corrected chi connectivity index (χ1v) is 9.79. The Hall–Kier alpha value is -1.81. The zero-order valence-corrected chi connectivity index (χ0v) is 15.6. The molecule has 1 atom stereocenters. The molecule has 2 aromatic rings. The number of aryl methyl sites for hydroxylation is 1. The summed E-state index contributed by atoms with van der Waals surface area (Å²) in [6.07, 6.45) is 7.89. The number of likely N-dealkylation sites (tertiary alicyclic amines) is 1. The standard InChI is InChI=1S/C21H30N4/c1-3-24-11-8-20-13-18(6-7-21(20)24)14-23-10-4-5-19(15-23)16-25-12-9-22-17(25)2/h6-7,9,12-13,19H,3-5,8,10-11,14-16H2,1-2H3. The molecule has 1 unspecified atom stereocenters. The van der Waals surface area contributed by atoms with Crippen molar-refractivity contribution in [2.24, 2.45) is 5.92 Å². The largest absolute Gasteiger partial charge is 0.371 e. The number of likely N-dealkylation sites (N-methyl/N-ethyl adjacent to an activating group) is 1. The minimum atomic E-state index is 0.742. The van der Waals surface area contributed by atoms with Gasteiger partial charge in [0, 0.05) is 50.8 Å². The van der Waals surface area contributed by atoms with Crippen molar-refractivity contribution in [2.75, 3.05) is 31.1 Å². The first kappa shape index (κ1) is 16.6. The number of piperidine rings is 1. The van der Waals surface area contributed by atoms with Crippen LogP contribution in [0.15, 0.2) is 30.6 Å². The average Bonchev–Trinajstić information content (AvgIpc) is 3.21. The Labute approximate surface area is 151 Å². The Morgan fingerprint density at radius 2 is 2.16 bits per heavy atom. The van der Waals surface area contributed by atoms with Gasteiger partial charge in [0.15, 0.2) is 0 Å². The van der Waals surface area contributed by atoms with Gasteiger partial charge in [-0.3, -0.25) is 4.90 Å². The van der Waals surface area contributed by atoms with E-state index in [4.69, 9.17) is 0 Å². The van der Waals surface area contributed by atoms with Crippen LogP contribution in [-0.4, -0.2) is 40.6 Å². The zero-order chi connectivity index (χ0) is 17.2. The average molecular weight is 338 g/mol. The summed E-state index contributed by atoms with van der Waals surface area (Å²) < 4.78 is 2.31. The summed E-state index contributed by atoms with van der Waals surface area (Å²) in [6, 6.07) is 7.14. The molecule has 2 aliphatic rings. The lowest BCUT2D eigenvalue weighted by molar-refractivity contribution is 0.155. The zero-order valence-electron chi connectivity index (χ0n) is 15.6. The van der Waals surface area contributed by atoms with Crippen LogP contribution >= 0.6 is 0 Å². The Balaban J connectivity index is 1.38. The van der Waals surface area contributed by atoms with Crippen molar-refractivity contribution in [3.8, 4) is 0 Å². The van der Waals surface area contributed by atoms with Crippen molar-refractivity contribution in [1.29, 1.82) is 0 Å². The van der Waals surface area contributed by atoms with Crippen LogP contribution in [-0.2, 0) is 19.5 Å². The number of anilines is 1. The van der Waals surface area contributed by atoms with E-state index >= 15 is 0 Å². The first-order valence-electron chi connectivity index (χ1n) is 9.79. The van der Waals surface area contributed by atoms with Gasteiger partial charge < -0.3 is 9.47 Å². The van der Waals surface area contributed by atoms with Gasteiger partial charge in [0.25, 0.3) is 0 Å². The monoisotopic (exact) mass is 338 g/mol. The van der Waals surface area contributed by atoms with Crippen molar-refractivity contribution in [3.63, 3.8) is 0 Å². The van der Waals surface area contributed by atoms with Crippen molar-refractivity contribution in [1.82, 2.24) is 14.5 Å². The summed E-state index contributed by atoms with van der Waals surface area (Å²) >= 11 is 0. The minimum Gasteiger partial charge on any atom is -0.371 e. The molecule has 25 heavy (non-hydrogen) atoms. The molecule has 1 aromatic carbocycles. The normalized spacial score (nSPS) is 20.9. The summed E-state index contributed by atoms with van der Waals surface area (Å²) in [5.41, 5.74) is 4.48. The summed E-state index contributed by atoms with van der Waals surface area (Å²) in [5.74, 6) is 1.88. The third-order valence-electron chi connectivity index (χ3n) is 5.91. The number of benzene rings is 1. The Kier molecular flexibility index (Phi) is 4.80. The van der Waals surface area contributed by atoms with Crippen LogP contribution in [0, 0.1) is 12.8 Å². The fourth-order valence-corrected chi connectivity index (χ4v) is 4.53. The van der Waals surface area contributed by atoms with Gasteiger partial charge in [-0.1, -0.05) is 12.1 Å².